The van der Waals surface area contributed by atoms with Gasteiger partial charge in [0.05, 0.1) is 11.6 Å². The van der Waals surface area contributed by atoms with Crippen LogP contribution in [0.1, 0.15) is 12.1 Å². The summed E-state index contributed by atoms with van der Waals surface area (Å²) in [6.07, 6.45) is 4.66. The molecule has 17 heavy (non-hydrogen) atoms. The number of aromatic nitrogens is 2. The number of imidazole rings is 1. The molecule has 3 N–H and O–H groups in total. The summed E-state index contributed by atoms with van der Waals surface area (Å²) in [7, 11) is 0. The highest BCUT2D eigenvalue weighted by atomic mass is 16.4. The van der Waals surface area contributed by atoms with Gasteiger partial charge in [-0.15, -0.1) is 0 Å². The summed E-state index contributed by atoms with van der Waals surface area (Å²) in [6, 6.07) is 5.70. The van der Waals surface area contributed by atoms with Crippen molar-refractivity contribution in [2.75, 3.05) is 6.54 Å². The van der Waals surface area contributed by atoms with Gasteiger partial charge in [0.2, 0.25) is 0 Å². The number of carbonyl (C=O) groups is 1. The van der Waals surface area contributed by atoms with E-state index in [9.17, 15) is 4.79 Å². The molecule has 0 radical (unpaired) electrons. The van der Waals surface area contributed by atoms with Crippen LogP contribution >= 0.6 is 0 Å². The van der Waals surface area contributed by atoms with Crippen molar-refractivity contribution >= 4 is 11.6 Å². The summed E-state index contributed by atoms with van der Waals surface area (Å²) in [5.74, 6) is -1.27. The van der Waals surface area contributed by atoms with E-state index in [4.69, 9.17) is 10.8 Å². The average Bonchev–Trinajstić information content (AvgIpc) is 2.70. The molecule has 1 atom stereocenters. The minimum atomic E-state index is -0.812. The van der Waals surface area contributed by atoms with Crippen LogP contribution in [0.5, 0.6) is 0 Å². The molecule has 2 heterocycles. The molecule has 0 amide bonds. The van der Waals surface area contributed by atoms with Crippen molar-refractivity contribution in [1.82, 2.24) is 9.38 Å². The zero-order chi connectivity index (χ0) is 12.3. The highest BCUT2D eigenvalue weighted by Gasteiger charge is 2.18. The van der Waals surface area contributed by atoms with Crippen LogP contribution in [0.4, 0.5) is 0 Å². The predicted octanol–water partition coefficient (Wildman–Crippen LogP) is 0.926. The smallest absolute Gasteiger partial charge is 0.306 e. The molecule has 0 aliphatic rings. The molecule has 0 fully saturated rings. The maximum absolute atomic E-state index is 11.0. The first-order chi connectivity index (χ1) is 8.20. The maximum Gasteiger partial charge on any atom is 0.306 e. The van der Waals surface area contributed by atoms with E-state index in [2.05, 4.69) is 4.98 Å². The van der Waals surface area contributed by atoms with Crippen LogP contribution in [-0.2, 0) is 11.2 Å². The van der Waals surface area contributed by atoms with Crippen LogP contribution in [0.15, 0.2) is 30.6 Å². The first-order valence-electron chi connectivity index (χ1n) is 5.56. The van der Waals surface area contributed by atoms with Crippen LogP contribution in [0.2, 0.25) is 0 Å². The van der Waals surface area contributed by atoms with Gasteiger partial charge in [-0.25, -0.2) is 4.98 Å². The second-order valence-corrected chi connectivity index (χ2v) is 4.01. The molecule has 0 aliphatic carbocycles. The monoisotopic (exact) mass is 233 g/mol. The quantitative estimate of drug-likeness (QED) is 0.805. The molecule has 5 heteroatoms. The third-order valence-corrected chi connectivity index (χ3v) is 2.73. The van der Waals surface area contributed by atoms with Crippen molar-refractivity contribution < 1.29 is 9.90 Å². The van der Waals surface area contributed by atoms with Crippen molar-refractivity contribution in [1.29, 1.82) is 0 Å². The Morgan fingerprint density at radius 1 is 1.53 bits per heavy atom. The Morgan fingerprint density at radius 2 is 2.35 bits per heavy atom. The van der Waals surface area contributed by atoms with Gasteiger partial charge in [-0.2, -0.15) is 0 Å². The van der Waals surface area contributed by atoms with Gasteiger partial charge < -0.3 is 15.2 Å². The molecule has 1 unspecified atom stereocenters. The normalized spacial score (nSPS) is 12.8. The lowest BCUT2D eigenvalue weighted by atomic mass is 10.0. The molecule has 2 rings (SSSR count). The number of nitrogens with two attached hydrogens (primary N) is 1. The first kappa shape index (κ1) is 11.6. The van der Waals surface area contributed by atoms with Crippen LogP contribution in [0, 0.1) is 5.92 Å². The fourth-order valence-electron chi connectivity index (χ4n) is 1.85. The fourth-order valence-corrected chi connectivity index (χ4v) is 1.85. The van der Waals surface area contributed by atoms with E-state index >= 15 is 0 Å². The Labute approximate surface area is 98.9 Å². The van der Waals surface area contributed by atoms with Crippen LogP contribution in [0.25, 0.3) is 5.65 Å². The number of aliphatic carboxylic acids is 1. The molecular formula is C12H15N3O2. The molecule has 0 aromatic carbocycles. The Hall–Kier alpha value is -1.88. The van der Waals surface area contributed by atoms with E-state index in [1.165, 1.54) is 0 Å². The van der Waals surface area contributed by atoms with Gasteiger partial charge in [0.25, 0.3) is 0 Å². The third kappa shape index (κ3) is 2.62. The summed E-state index contributed by atoms with van der Waals surface area (Å²) in [5.41, 5.74) is 7.03. The fraction of sp³-hybridized carbons (Fsp3) is 0.333. The summed E-state index contributed by atoms with van der Waals surface area (Å²) in [6.45, 7) is 0.379. The number of hydrogen-bond donors (Lipinski definition) is 2. The lowest BCUT2D eigenvalue weighted by Crippen LogP contribution is -2.20. The van der Waals surface area contributed by atoms with Crippen LogP contribution < -0.4 is 5.73 Å². The number of hydrogen-bond acceptors (Lipinski definition) is 3. The number of nitrogens with zero attached hydrogens (tertiary/aromatic N) is 2. The van der Waals surface area contributed by atoms with Crippen molar-refractivity contribution in [3.63, 3.8) is 0 Å². The average molecular weight is 233 g/mol. The van der Waals surface area contributed by atoms with Crippen molar-refractivity contribution in [2.24, 2.45) is 11.7 Å². The Morgan fingerprint density at radius 3 is 3.00 bits per heavy atom. The largest absolute Gasteiger partial charge is 0.481 e. The summed E-state index contributed by atoms with van der Waals surface area (Å²) in [5, 5.41) is 9.05. The van der Waals surface area contributed by atoms with E-state index in [0.717, 1.165) is 11.3 Å². The van der Waals surface area contributed by atoms with Crippen LogP contribution in [-0.4, -0.2) is 27.0 Å². The highest BCUT2D eigenvalue weighted by Crippen LogP contribution is 2.13. The topological polar surface area (TPSA) is 80.6 Å². The van der Waals surface area contributed by atoms with E-state index in [0.29, 0.717) is 19.4 Å². The summed E-state index contributed by atoms with van der Waals surface area (Å²) < 4.78 is 1.89. The number of carboxylic acids is 1. The van der Waals surface area contributed by atoms with Crippen molar-refractivity contribution in [2.45, 2.75) is 12.8 Å². The Kier molecular flexibility index (Phi) is 3.39. The summed E-state index contributed by atoms with van der Waals surface area (Å²) in [4.78, 5) is 15.4. The molecular weight excluding hydrogens is 218 g/mol. The Balaban J connectivity index is 2.19. The van der Waals surface area contributed by atoms with Gasteiger partial charge in [-0.3, -0.25) is 4.79 Å². The first-order valence-corrected chi connectivity index (χ1v) is 5.56. The van der Waals surface area contributed by atoms with E-state index < -0.39 is 11.9 Å². The molecule has 0 bridgehead atoms. The van der Waals surface area contributed by atoms with Gasteiger partial charge >= 0.3 is 5.97 Å². The maximum atomic E-state index is 11.0. The third-order valence-electron chi connectivity index (χ3n) is 2.73. The number of pyridine rings is 1. The molecule has 0 spiro atoms. The number of carboxylic acid groups (broad SMARTS) is 1. The molecule has 2 aromatic rings. The van der Waals surface area contributed by atoms with Gasteiger partial charge in [0.15, 0.2) is 0 Å². The van der Waals surface area contributed by atoms with E-state index in [-0.39, 0.29) is 0 Å². The number of rotatable bonds is 5. The van der Waals surface area contributed by atoms with Crippen molar-refractivity contribution in [3.05, 3.63) is 36.3 Å². The molecule has 90 valence electrons. The lowest BCUT2D eigenvalue weighted by Gasteiger charge is -2.08. The zero-order valence-electron chi connectivity index (χ0n) is 9.41. The minimum Gasteiger partial charge on any atom is -0.481 e. The molecule has 5 nitrogen and oxygen atoms in total. The molecule has 0 aliphatic heterocycles. The minimum absolute atomic E-state index is 0.379. The molecule has 0 saturated carbocycles. The Bertz CT molecular complexity index is 488. The number of fused-ring (bicyclic) bond motifs is 1. The zero-order valence-corrected chi connectivity index (χ0v) is 9.41. The van der Waals surface area contributed by atoms with Gasteiger partial charge in [-0.1, -0.05) is 6.07 Å². The lowest BCUT2D eigenvalue weighted by molar-refractivity contribution is -0.141. The molecule has 0 saturated heterocycles. The highest BCUT2D eigenvalue weighted by molar-refractivity contribution is 5.70. The van der Waals surface area contributed by atoms with Gasteiger partial charge in [0.1, 0.15) is 5.65 Å². The van der Waals surface area contributed by atoms with Gasteiger partial charge in [0, 0.05) is 18.8 Å². The SMILES string of the molecule is NCCC(Cc1cn2ccccc2n1)C(=O)O. The molecule has 2 aromatic heterocycles. The van der Waals surface area contributed by atoms with E-state index in [1.807, 2.05) is 35.0 Å². The second kappa shape index (κ2) is 4.97. The van der Waals surface area contributed by atoms with Gasteiger partial charge in [-0.05, 0) is 25.1 Å². The summed E-state index contributed by atoms with van der Waals surface area (Å²) >= 11 is 0. The second-order valence-electron chi connectivity index (χ2n) is 4.01. The standard InChI is InChI=1S/C12H15N3O2/c13-5-4-9(12(16)17)7-10-8-15-6-2-1-3-11(15)14-10/h1-3,6,8-9H,4-5,7,13H2,(H,16,17). The van der Waals surface area contributed by atoms with Crippen LogP contribution in [0.3, 0.4) is 0 Å². The predicted molar refractivity (Wildman–Crippen MR) is 63.7 cm³/mol. The van der Waals surface area contributed by atoms with E-state index in [1.54, 1.807) is 0 Å². The van der Waals surface area contributed by atoms with Crippen molar-refractivity contribution in [3.8, 4) is 0 Å².